The Kier molecular flexibility index (Phi) is 6.70. The van der Waals surface area contributed by atoms with Crippen molar-refractivity contribution in [1.82, 2.24) is 4.90 Å². The fourth-order valence-electron chi connectivity index (χ4n) is 1.40. The largest absolute Gasteiger partial charge is 0.348 e. The quantitative estimate of drug-likeness (QED) is 0.857. The summed E-state index contributed by atoms with van der Waals surface area (Å²) < 4.78 is 1.10. The van der Waals surface area contributed by atoms with Crippen molar-refractivity contribution in [3.05, 3.63) is 20.8 Å². The molecule has 2 unspecified atom stereocenters. The highest BCUT2D eigenvalue weighted by Crippen LogP contribution is 2.38. The molecule has 0 radical (unpaired) electrons. The first-order valence-electron chi connectivity index (χ1n) is 5.78. The maximum Gasteiger partial charge on any atom is 0.232 e. The first kappa shape index (κ1) is 16.0. The first-order valence-corrected chi connectivity index (χ1v) is 8.44. The molecule has 0 spiro atoms. The standard InChI is InChI=1S/C12H19BrN2OS2/c1-4-8(14)12(9-5-6-10(13)18-9)17-7-11(16)15(2)3/h5-6,8,12H,4,7,14H2,1-3H3. The van der Waals surface area contributed by atoms with E-state index in [0.717, 1.165) is 10.2 Å². The lowest BCUT2D eigenvalue weighted by Crippen LogP contribution is -2.28. The van der Waals surface area contributed by atoms with Crippen LogP contribution in [0.5, 0.6) is 0 Å². The van der Waals surface area contributed by atoms with Crippen LogP contribution in [-0.2, 0) is 4.79 Å². The molecule has 1 heterocycles. The Morgan fingerprint density at radius 2 is 2.22 bits per heavy atom. The number of carbonyl (C=O) groups excluding carboxylic acids is 1. The second-order valence-corrected chi connectivity index (χ2v) is 7.86. The van der Waals surface area contributed by atoms with Gasteiger partial charge in [-0.15, -0.1) is 23.1 Å². The number of hydrogen-bond donors (Lipinski definition) is 1. The third-order valence-electron chi connectivity index (χ3n) is 2.62. The van der Waals surface area contributed by atoms with Crippen LogP contribution in [-0.4, -0.2) is 36.7 Å². The van der Waals surface area contributed by atoms with Crippen LogP contribution in [0.25, 0.3) is 0 Å². The highest BCUT2D eigenvalue weighted by atomic mass is 79.9. The highest BCUT2D eigenvalue weighted by molar-refractivity contribution is 9.11. The number of halogens is 1. The van der Waals surface area contributed by atoms with Crippen molar-refractivity contribution in [2.75, 3.05) is 19.8 Å². The van der Waals surface area contributed by atoms with Crippen molar-refractivity contribution < 1.29 is 4.79 Å². The molecule has 3 nitrogen and oxygen atoms in total. The molecular formula is C12H19BrN2OS2. The summed E-state index contributed by atoms with van der Waals surface area (Å²) in [5.74, 6) is 0.602. The monoisotopic (exact) mass is 350 g/mol. The van der Waals surface area contributed by atoms with Crippen molar-refractivity contribution in [3.63, 3.8) is 0 Å². The maximum atomic E-state index is 11.7. The second-order valence-electron chi connectivity index (χ2n) is 4.23. The number of rotatable bonds is 6. The number of hydrogen-bond acceptors (Lipinski definition) is 4. The van der Waals surface area contributed by atoms with Crippen LogP contribution in [0, 0.1) is 0 Å². The second kappa shape index (κ2) is 7.53. The Hall–Kier alpha value is -0.0400. The van der Waals surface area contributed by atoms with Gasteiger partial charge < -0.3 is 10.6 Å². The fraction of sp³-hybridized carbons (Fsp3) is 0.583. The summed E-state index contributed by atoms with van der Waals surface area (Å²) in [5, 5.41) is 0.190. The van der Waals surface area contributed by atoms with E-state index in [4.69, 9.17) is 5.73 Å². The Labute approximate surface area is 125 Å². The topological polar surface area (TPSA) is 46.3 Å². The summed E-state index contributed by atoms with van der Waals surface area (Å²) >= 11 is 6.79. The molecule has 1 aromatic rings. The van der Waals surface area contributed by atoms with Crippen LogP contribution < -0.4 is 5.73 Å². The lowest BCUT2D eigenvalue weighted by atomic mass is 10.1. The van der Waals surface area contributed by atoms with Crippen LogP contribution >= 0.6 is 39.0 Å². The van der Waals surface area contributed by atoms with Crippen molar-refractivity contribution in [2.24, 2.45) is 5.73 Å². The molecular weight excluding hydrogens is 332 g/mol. The van der Waals surface area contributed by atoms with Crippen LogP contribution in [0.15, 0.2) is 15.9 Å². The van der Waals surface area contributed by atoms with E-state index in [9.17, 15) is 4.79 Å². The third kappa shape index (κ3) is 4.57. The van der Waals surface area contributed by atoms with Gasteiger partial charge in [-0.05, 0) is 34.5 Å². The summed E-state index contributed by atoms with van der Waals surface area (Å²) in [6, 6.07) is 4.20. The Balaban J connectivity index is 2.71. The normalized spacial score (nSPS) is 14.3. The predicted molar refractivity (Wildman–Crippen MR) is 84.2 cm³/mol. The Morgan fingerprint density at radius 1 is 1.56 bits per heavy atom. The summed E-state index contributed by atoms with van der Waals surface area (Å²) in [6.07, 6.45) is 0.906. The molecule has 0 aliphatic heterocycles. The number of thioether (sulfide) groups is 1. The number of amides is 1. The van der Waals surface area contributed by atoms with Gasteiger partial charge in [-0.25, -0.2) is 0 Å². The SMILES string of the molecule is CCC(N)C(SCC(=O)N(C)C)c1ccc(Br)s1. The van der Waals surface area contributed by atoms with Gasteiger partial charge in [0, 0.05) is 25.0 Å². The van der Waals surface area contributed by atoms with Gasteiger partial charge in [-0.1, -0.05) is 6.92 Å². The van der Waals surface area contributed by atoms with Gasteiger partial charge in [-0.2, -0.15) is 0 Å². The lowest BCUT2D eigenvalue weighted by molar-refractivity contribution is -0.125. The molecule has 2 atom stereocenters. The van der Waals surface area contributed by atoms with E-state index in [1.54, 1.807) is 42.1 Å². The molecule has 1 aromatic heterocycles. The maximum absolute atomic E-state index is 11.7. The average Bonchev–Trinajstić information content (AvgIpc) is 2.75. The molecule has 0 fully saturated rings. The predicted octanol–water partition coefficient (Wildman–Crippen LogP) is 3.11. The van der Waals surface area contributed by atoms with Gasteiger partial charge >= 0.3 is 0 Å². The van der Waals surface area contributed by atoms with Crippen LogP contribution in [0.2, 0.25) is 0 Å². The molecule has 2 N–H and O–H groups in total. The average molecular weight is 351 g/mol. The van der Waals surface area contributed by atoms with E-state index in [1.165, 1.54) is 4.88 Å². The van der Waals surface area contributed by atoms with Gasteiger partial charge in [0.05, 0.1) is 14.8 Å². The molecule has 18 heavy (non-hydrogen) atoms. The number of carbonyl (C=O) groups is 1. The molecule has 102 valence electrons. The van der Waals surface area contributed by atoms with Gasteiger partial charge in [0.25, 0.3) is 0 Å². The minimum absolute atomic E-state index is 0.0792. The molecule has 6 heteroatoms. The van der Waals surface area contributed by atoms with E-state index in [0.29, 0.717) is 5.75 Å². The summed E-state index contributed by atoms with van der Waals surface area (Å²) in [7, 11) is 3.55. The molecule has 1 amide bonds. The molecule has 0 aliphatic rings. The zero-order valence-corrected chi connectivity index (χ0v) is 14.1. The van der Waals surface area contributed by atoms with E-state index in [1.807, 2.05) is 6.07 Å². The molecule has 0 saturated carbocycles. The van der Waals surface area contributed by atoms with E-state index < -0.39 is 0 Å². The van der Waals surface area contributed by atoms with Crippen LogP contribution in [0.1, 0.15) is 23.5 Å². The van der Waals surface area contributed by atoms with E-state index >= 15 is 0 Å². The van der Waals surface area contributed by atoms with Crippen molar-refractivity contribution in [2.45, 2.75) is 24.6 Å². The molecule has 0 aromatic carbocycles. The first-order chi connectivity index (χ1) is 8.45. The molecule has 0 saturated heterocycles. The smallest absolute Gasteiger partial charge is 0.232 e. The fourth-order valence-corrected chi connectivity index (χ4v) is 4.49. The third-order valence-corrected chi connectivity index (χ3v) is 5.85. The van der Waals surface area contributed by atoms with E-state index in [2.05, 4.69) is 28.9 Å². The highest BCUT2D eigenvalue weighted by Gasteiger charge is 2.22. The Bertz CT molecular complexity index is 395. The summed E-state index contributed by atoms with van der Waals surface area (Å²) in [6.45, 7) is 2.08. The molecule has 0 bridgehead atoms. The Morgan fingerprint density at radius 3 is 2.67 bits per heavy atom. The van der Waals surface area contributed by atoms with Crippen LogP contribution in [0.3, 0.4) is 0 Å². The number of nitrogens with zero attached hydrogens (tertiary/aromatic N) is 1. The minimum atomic E-state index is 0.0792. The molecule has 0 aliphatic carbocycles. The van der Waals surface area contributed by atoms with Gasteiger partial charge in [0.15, 0.2) is 0 Å². The van der Waals surface area contributed by atoms with Crippen molar-refractivity contribution in [1.29, 1.82) is 0 Å². The van der Waals surface area contributed by atoms with E-state index in [-0.39, 0.29) is 17.2 Å². The van der Waals surface area contributed by atoms with Gasteiger partial charge in [-0.3, -0.25) is 4.79 Å². The summed E-state index contributed by atoms with van der Waals surface area (Å²) in [5.41, 5.74) is 6.17. The van der Waals surface area contributed by atoms with Crippen molar-refractivity contribution >= 4 is 44.9 Å². The van der Waals surface area contributed by atoms with Crippen molar-refractivity contribution in [3.8, 4) is 0 Å². The minimum Gasteiger partial charge on any atom is -0.348 e. The lowest BCUT2D eigenvalue weighted by Gasteiger charge is -2.22. The number of nitrogens with two attached hydrogens (primary N) is 1. The van der Waals surface area contributed by atoms with Gasteiger partial charge in [0.2, 0.25) is 5.91 Å². The zero-order valence-electron chi connectivity index (χ0n) is 10.9. The van der Waals surface area contributed by atoms with Crippen LogP contribution in [0.4, 0.5) is 0 Å². The molecule has 1 rings (SSSR count). The summed E-state index contributed by atoms with van der Waals surface area (Å²) in [4.78, 5) is 14.5. The van der Waals surface area contributed by atoms with Gasteiger partial charge in [0.1, 0.15) is 0 Å². The number of thiophene rings is 1. The zero-order chi connectivity index (χ0) is 13.7.